The van der Waals surface area contributed by atoms with E-state index in [2.05, 4.69) is 40.0 Å². The van der Waals surface area contributed by atoms with Crippen LogP contribution in [0.4, 0.5) is 15.8 Å². The van der Waals surface area contributed by atoms with Gasteiger partial charge in [-0.2, -0.15) is 0 Å². The second-order valence-corrected chi connectivity index (χ2v) is 6.05. The van der Waals surface area contributed by atoms with Crippen molar-refractivity contribution in [3.05, 3.63) is 52.8 Å². The molecular weight excluding hydrogens is 375 g/mol. The molecule has 0 saturated carbocycles. The Labute approximate surface area is 149 Å². The van der Waals surface area contributed by atoms with Crippen molar-refractivity contribution in [1.82, 2.24) is 0 Å². The van der Waals surface area contributed by atoms with Crippen LogP contribution in [0.5, 0.6) is 5.75 Å². The average molecular weight is 395 g/mol. The number of benzene rings is 2. The molecule has 2 aromatic rings. The van der Waals surface area contributed by atoms with Crippen LogP contribution in [0.25, 0.3) is 0 Å². The van der Waals surface area contributed by atoms with Gasteiger partial charge in [0.25, 0.3) is 5.91 Å². The normalized spacial score (nSPS) is 10.3. The Morgan fingerprint density at radius 2 is 1.83 bits per heavy atom. The summed E-state index contributed by atoms with van der Waals surface area (Å²) >= 11 is 3.17. The van der Waals surface area contributed by atoms with Gasteiger partial charge < -0.3 is 15.0 Å². The van der Waals surface area contributed by atoms with Gasteiger partial charge in [0.05, 0.1) is 0 Å². The number of hydrogen-bond acceptors (Lipinski definition) is 3. The Morgan fingerprint density at radius 3 is 2.42 bits per heavy atom. The molecule has 0 unspecified atom stereocenters. The van der Waals surface area contributed by atoms with Crippen LogP contribution in [0, 0.1) is 5.82 Å². The summed E-state index contributed by atoms with van der Waals surface area (Å²) in [5.41, 5.74) is 1.78. The van der Waals surface area contributed by atoms with Crippen LogP contribution in [-0.4, -0.2) is 25.6 Å². The molecule has 2 aromatic carbocycles. The van der Waals surface area contributed by atoms with Crippen molar-refractivity contribution >= 4 is 33.2 Å². The van der Waals surface area contributed by atoms with Gasteiger partial charge in [0.2, 0.25) is 0 Å². The van der Waals surface area contributed by atoms with Crippen molar-refractivity contribution in [2.24, 2.45) is 0 Å². The smallest absolute Gasteiger partial charge is 0.262 e. The van der Waals surface area contributed by atoms with E-state index < -0.39 is 5.82 Å². The van der Waals surface area contributed by atoms with Crippen LogP contribution >= 0.6 is 15.9 Å². The highest BCUT2D eigenvalue weighted by Gasteiger charge is 2.08. The molecule has 1 N–H and O–H groups in total. The Morgan fingerprint density at radius 1 is 1.17 bits per heavy atom. The third kappa shape index (κ3) is 4.96. The molecule has 0 radical (unpaired) electrons. The van der Waals surface area contributed by atoms with Gasteiger partial charge in [0.1, 0.15) is 0 Å². The maximum absolute atomic E-state index is 13.6. The summed E-state index contributed by atoms with van der Waals surface area (Å²) in [4.78, 5) is 14.1. The number of rotatable bonds is 7. The van der Waals surface area contributed by atoms with Crippen LogP contribution < -0.4 is 15.0 Å². The van der Waals surface area contributed by atoms with E-state index in [1.807, 2.05) is 24.3 Å². The van der Waals surface area contributed by atoms with Crippen LogP contribution in [0.15, 0.2) is 46.9 Å². The number of nitrogens with one attached hydrogen (secondary N) is 1. The first-order valence-corrected chi connectivity index (χ1v) is 8.55. The predicted molar refractivity (Wildman–Crippen MR) is 98.2 cm³/mol. The van der Waals surface area contributed by atoms with Gasteiger partial charge in [-0.15, -0.1) is 0 Å². The zero-order valence-corrected chi connectivity index (χ0v) is 15.3. The number of ether oxygens (including phenoxy) is 1. The summed E-state index contributed by atoms with van der Waals surface area (Å²) in [5, 5.41) is 2.73. The lowest BCUT2D eigenvalue weighted by Gasteiger charge is -2.21. The van der Waals surface area contributed by atoms with E-state index in [1.54, 1.807) is 6.07 Å². The Kier molecular flexibility index (Phi) is 6.61. The van der Waals surface area contributed by atoms with Gasteiger partial charge in [0.15, 0.2) is 18.2 Å². The number of carbonyl (C=O) groups is 1. The first kappa shape index (κ1) is 18.3. The third-order valence-electron chi connectivity index (χ3n) is 3.53. The number of carbonyl (C=O) groups excluding carboxylic acids is 1. The van der Waals surface area contributed by atoms with Crippen LogP contribution in [0.2, 0.25) is 0 Å². The highest BCUT2D eigenvalue weighted by atomic mass is 79.9. The van der Waals surface area contributed by atoms with E-state index in [0.29, 0.717) is 10.2 Å². The largest absolute Gasteiger partial charge is 0.481 e. The lowest BCUT2D eigenvalue weighted by Crippen LogP contribution is -2.22. The number of nitrogens with zero attached hydrogens (tertiary/aromatic N) is 1. The topological polar surface area (TPSA) is 41.6 Å². The van der Waals surface area contributed by atoms with E-state index >= 15 is 0 Å². The van der Waals surface area contributed by atoms with Crippen molar-refractivity contribution in [3.63, 3.8) is 0 Å². The molecule has 0 aliphatic rings. The molecule has 128 valence electrons. The number of anilines is 2. The molecule has 0 spiro atoms. The van der Waals surface area contributed by atoms with Gasteiger partial charge in [-0.1, -0.05) is 15.9 Å². The van der Waals surface area contributed by atoms with Gasteiger partial charge in [-0.05, 0) is 56.3 Å². The van der Waals surface area contributed by atoms with Crippen molar-refractivity contribution in [3.8, 4) is 5.75 Å². The summed E-state index contributed by atoms with van der Waals surface area (Å²) < 4.78 is 19.4. The SMILES string of the molecule is CCN(CC)c1ccc(NC(=O)COc2ccc(Br)cc2F)cc1. The van der Waals surface area contributed by atoms with Crippen LogP contribution in [0.3, 0.4) is 0 Å². The Balaban J connectivity index is 1.90. The summed E-state index contributed by atoms with van der Waals surface area (Å²) in [7, 11) is 0. The second kappa shape index (κ2) is 8.68. The molecule has 0 fully saturated rings. The fourth-order valence-electron chi connectivity index (χ4n) is 2.28. The van der Waals surface area contributed by atoms with E-state index in [4.69, 9.17) is 4.74 Å². The number of hydrogen-bond donors (Lipinski definition) is 1. The highest BCUT2D eigenvalue weighted by Crippen LogP contribution is 2.21. The number of halogens is 2. The molecule has 2 rings (SSSR count). The summed E-state index contributed by atoms with van der Waals surface area (Å²) in [6, 6.07) is 12.0. The highest BCUT2D eigenvalue weighted by molar-refractivity contribution is 9.10. The van der Waals surface area contributed by atoms with E-state index in [1.165, 1.54) is 12.1 Å². The molecule has 0 bridgehead atoms. The molecule has 6 heteroatoms. The van der Waals surface area contributed by atoms with E-state index in [-0.39, 0.29) is 18.3 Å². The maximum Gasteiger partial charge on any atom is 0.262 e. The van der Waals surface area contributed by atoms with Crippen LogP contribution in [0.1, 0.15) is 13.8 Å². The zero-order valence-electron chi connectivity index (χ0n) is 13.7. The second-order valence-electron chi connectivity index (χ2n) is 5.13. The summed E-state index contributed by atoms with van der Waals surface area (Å²) in [5.74, 6) is -0.807. The zero-order chi connectivity index (χ0) is 17.5. The average Bonchev–Trinajstić information content (AvgIpc) is 2.56. The lowest BCUT2D eigenvalue weighted by atomic mass is 10.2. The van der Waals surface area contributed by atoms with Gasteiger partial charge in [0, 0.05) is 28.9 Å². The van der Waals surface area contributed by atoms with Crippen molar-refractivity contribution < 1.29 is 13.9 Å². The maximum atomic E-state index is 13.6. The fourth-order valence-corrected chi connectivity index (χ4v) is 2.61. The fraction of sp³-hybridized carbons (Fsp3) is 0.278. The summed E-state index contributed by atoms with van der Waals surface area (Å²) in [6.45, 7) is 5.79. The third-order valence-corrected chi connectivity index (χ3v) is 4.03. The first-order chi connectivity index (χ1) is 11.5. The predicted octanol–water partition coefficient (Wildman–Crippen LogP) is 4.45. The van der Waals surface area contributed by atoms with Crippen molar-refractivity contribution in [2.45, 2.75) is 13.8 Å². The molecule has 0 aromatic heterocycles. The minimum Gasteiger partial charge on any atom is -0.481 e. The minimum absolute atomic E-state index is 0.0465. The quantitative estimate of drug-likeness (QED) is 0.753. The molecule has 24 heavy (non-hydrogen) atoms. The monoisotopic (exact) mass is 394 g/mol. The molecule has 1 amide bonds. The minimum atomic E-state index is -0.513. The van der Waals surface area contributed by atoms with Gasteiger partial charge >= 0.3 is 0 Å². The van der Waals surface area contributed by atoms with E-state index in [0.717, 1.165) is 18.8 Å². The first-order valence-electron chi connectivity index (χ1n) is 7.76. The Hall–Kier alpha value is -2.08. The van der Waals surface area contributed by atoms with Crippen molar-refractivity contribution in [2.75, 3.05) is 29.9 Å². The van der Waals surface area contributed by atoms with Gasteiger partial charge in [-0.25, -0.2) is 4.39 Å². The molecular formula is C18H20BrFN2O2. The standard InChI is InChI=1S/C18H20BrFN2O2/c1-3-22(4-2)15-8-6-14(7-9-15)21-18(23)12-24-17-10-5-13(19)11-16(17)20/h5-11H,3-4,12H2,1-2H3,(H,21,23). The lowest BCUT2D eigenvalue weighted by molar-refractivity contribution is -0.118. The molecule has 0 aliphatic carbocycles. The Bertz CT molecular complexity index is 688. The molecule has 0 atom stereocenters. The molecule has 0 heterocycles. The van der Waals surface area contributed by atoms with Gasteiger partial charge in [-0.3, -0.25) is 4.79 Å². The molecule has 4 nitrogen and oxygen atoms in total. The summed E-state index contributed by atoms with van der Waals surface area (Å²) in [6.07, 6.45) is 0. The molecule has 0 aliphatic heterocycles. The molecule has 0 saturated heterocycles. The van der Waals surface area contributed by atoms with Crippen LogP contribution in [-0.2, 0) is 4.79 Å². The number of amides is 1. The van der Waals surface area contributed by atoms with Crippen molar-refractivity contribution in [1.29, 1.82) is 0 Å². The van der Waals surface area contributed by atoms with E-state index in [9.17, 15) is 9.18 Å².